The number of nitrogens with zero attached hydrogens (tertiary/aromatic N) is 1. The number of rotatable bonds is 4. The molecule has 0 saturated heterocycles. The van der Waals surface area contributed by atoms with Gasteiger partial charge in [-0.2, -0.15) is 0 Å². The van der Waals surface area contributed by atoms with Crippen molar-refractivity contribution in [1.82, 2.24) is 5.32 Å². The lowest BCUT2D eigenvalue weighted by atomic mass is 9.86. The van der Waals surface area contributed by atoms with E-state index in [0.717, 1.165) is 5.69 Å². The molecule has 1 saturated carbocycles. The van der Waals surface area contributed by atoms with Crippen LogP contribution in [0.4, 0.5) is 16.2 Å². The first-order chi connectivity index (χ1) is 10.9. The Morgan fingerprint density at radius 2 is 1.87 bits per heavy atom. The molecule has 0 radical (unpaired) electrons. The zero-order valence-electron chi connectivity index (χ0n) is 13.3. The van der Waals surface area contributed by atoms with Gasteiger partial charge in [0.05, 0.1) is 17.3 Å². The summed E-state index contributed by atoms with van der Waals surface area (Å²) in [6, 6.07) is 5.03. The molecule has 3 N–H and O–H groups in total. The number of carboxylic acid groups (broad SMARTS) is 1. The van der Waals surface area contributed by atoms with Crippen molar-refractivity contribution in [2.24, 2.45) is 5.92 Å². The molecule has 23 heavy (non-hydrogen) atoms. The van der Waals surface area contributed by atoms with Gasteiger partial charge in [0, 0.05) is 25.2 Å². The second-order valence-corrected chi connectivity index (χ2v) is 6.48. The normalized spacial score (nSPS) is 20.7. The summed E-state index contributed by atoms with van der Waals surface area (Å²) in [6.45, 7) is 0. The Kier molecular flexibility index (Phi) is 5.71. The third kappa shape index (κ3) is 4.76. The number of hydrogen-bond acceptors (Lipinski definition) is 3. The average Bonchev–Trinajstić information content (AvgIpc) is 2.47. The van der Waals surface area contributed by atoms with Gasteiger partial charge >= 0.3 is 12.0 Å². The number of carboxylic acids is 1. The molecule has 1 aliphatic rings. The Labute approximate surface area is 140 Å². The van der Waals surface area contributed by atoms with E-state index in [4.69, 9.17) is 16.7 Å². The summed E-state index contributed by atoms with van der Waals surface area (Å²) in [4.78, 5) is 25.0. The summed E-state index contributed by atoms with van der Waals surface area (Å²) in [5.74, 6) is -1.04. The molecule has 126 valence electrons. The quantitative estimate of drug-likeness (QED) is 0.787. The molecule has 1 aromatic carbocycles. The van der Waals surface area contributed by atoms with Gasteiger partial charge in [-0.3, -0.25) is 4.79 Å². The van der Waals surface area contributed by atoms with Gasteiger partial charge in [0.15, 0.2) is 0 Å². The number of aliphatic carboxylic acids is 1. The SMILES string of the molecule is CN(C)c1ccc(Cl)cc1NC(=O)NC1CCC(C(=O)O)CC1. The number of carbonyl (C=O) groups excluding carboxylic acids is 1. The van der Waals surface area contributed by atoms with E-state index in [1.807, 2.05) is 25.1 Å². The van der Waals surface area contributed by atoms with E-state index in [2.05, 4.69) is 10.6 Å². The van der Waals surface area contributed by atoms with Crippen LogP contribution in [0.25, 0.3) is 0 Å². The van der Waals surface area contributed by atoms with Gasteiger partial charge in [-0.05, 0) is 43.9 Å². The van der Waals surface area contributed by atoms with Gasteiger partial charge in [-0.1, -0.05) is 11.6 Å². The van der Waals surface area contributed by atoms with Crippen LogP contribution in [0, 0.1) is 5.92 Å². The summed E-state index contributed by atoms with van der Waals surface area (Å²) in [6.07, 6.45) is 2.56. The van der Waals surface area contributed by atoms with E-state index < -0.39 is 5.97 Å². The molecule has 1 fully saturated rings. The lowest BCUT2D eigenvalue weighted by molar-refractivity contribution is -0.142. The predicted molar refractivity (Wildman–Crippen MR) is 91.3 cm³/mol. The van der Waals surface area contributed by atoms with Crippen molar-refractivity contribution in [3.05, 3.63) is 23.2 Å². The lowest BCUT2D eigenvalue weighted by Crippen LogP contribution is -2.41. The van der Waals surface area contributed by atoms with Crippen molar-refractivity contribution >= 4 is 35.0 Å². The zero-order valence-corrected chi connectivity index (χ0v) is 14.1. The van der Waals surface area contributed by atoms with E-state index in [0.29, 0.717) is 36.4 Å². The molecule has 6 nitrogen and oxygen atoms in total. The molecule has 2 amide bonds. The van der Waals surface area contributed by atoms with E-state index >= 15 is 0 Å². The molecule has 0 bridgehead atoms. The number of carbonyl (C=O) groups is 2. The molecule has 1 aromatic rings. The van der Waals surface area contributed by atoms with Gasteiger partial charge in [0.1, 0.15) is 0 Å². The highest BCUT2D eigenvalue weighted by molar-refractivity contribution is 6.31. The maximum atomic E-state index is 12.2. The molecule has 2 rings (SSSR count). The van der Waals surface area contributed by atoms with Crippen LogP contribution in [0.1, 0.15) is 25.7 Å². The smallest absolute Gasteiger partial charge is 0.319 e. The van der Waals surface area contributed by atoms with Crippen molar-refractivity contribution in [2.45, 2.75) is 31.7 Å². The highest BCUT2D eigenvalue weighted by atomic mass is 35.5. The maximum absolute atomic E-state index is 12.2. The topological polar surface area (TPSA) is 81.7 Å². The number of halogens is 1. The van der Waals surface area contributed by atoms with E-state index in [1.165, 1.54) is 0 Å². The fraction of sp³-hybridized carbons (Fsp3) is 0.500. The highest BCUT2D eigenvalue weighted by Crippen LogP contribution is 2.28. The van der Waals surface area contributed by atoms with Crippen molar-refractivity contribution < 1.29 is 14.7 Å². The van der Waals surface area contributed by atoms with Crippen LogP contribution in [0.2, 0.25) is 5.02 Å². The minimum atomic E-state index is -0.748. The number of urea groups is 1. The number of hydrogen-bond donors (Lipinski definition) is 3. The minimum Gasteiger partial charge on any atom is -0.481 e. The van der Waals surface area contributed by atoms with Crippen LogP contribution in [0.3, 0.4) is 0 Å². The van der Waals surface area contributed by atoms with Crippen LogP contribution in [0.15, 0.2) is 18.2 Å². The molecule has 0 aliphatic heterocycles. The van der Waals surface area contributed by atoms with Gasteiger partial charge in [0.2, 0.25) is 0 Å². The van der Waals surface area contributed by atoms with E-state index in [-0.39, 0.29) is 18.0 Å². The molecule has 0 aromatic heterocycles. The molecule has 0 unspecified atom stereocenters. The van der Waals surface area contributed by atoms with Gasteiger partial charge in [0.25, 0.3) is 0 Å². The Balaban J connectivity index is 1.93. The molecular weight excluding hydrogens is 318 g/mol. The van der Waals surface area contributed by atoms with Gasteiger partial charge < -0.3 is 20.6 Å². The standard InChI is InChI=1S/C16H22ClN3O3/c1-20(2)14-8-5-11(17)9-13(14)19-16(23)18-12-6-3-10(4-7-12)15(21)22/h5,8-10,12H,3-4,6-7H2,1-2H3,(H,21,22)(H2,18,19,23). The van der Waals surface area contributed by atoms with Crippen LogP contribution in [-0.2, 0) is 4.79 Å². The first-order valence-corrected chi connectivity index (χ1v) is 8.02. The fourth-order valence-electron chi connectivity index (χ4n) is 2.83. The molecule has 7 heteroatoms. The number of benzene rings is 1. The Hall–Kier alpha value is -1.95. The molecule has 0 heterocycles. The summed E-state index contributed by atoms with van der Waals surface area (Å²) in [5.41, 5.74) is 1.50. The van der Waals surface area contributed by atoms with E-state index in [1.54, 1.807) is 12.1 Å². The van der Waals surface area contributed by atoms with Crippen molar-refractivity contribution in [3.8, 4) is 0 Å². The first-order valence-electron chi connectivity index (χ1n) is 7.64. The maximum Gasteiger partial charge on any atom is 0.319 e. The molecule has 0 spiro atoms. The fourth-order valence-corrected chi connectivity index (χ4v) is 3.00. The second kappa shape index (κ2) is 7.55. The Morgan fingerprint density at radius 3 is 2.43 bits per heavy atom. The minimum absolute atomic E-state index is 0.00703. The third-order valence-electron chi connectivity index (χ3n) is 4.10. The van der Waals surface area contributed by atoms with Crippen LogP contribution in [-0.4, -0.2) is 37.2 Å². The van der Waals surface area contributed by atoms with Crippen LogP contribution >= 0.6 is 11.6 Å². The summed E-state index contributed by atoms with van der Waals surface area (Å²) < 4.78 is 0. The van der Waals surface area contributed by atoms with Crippen molar-refractivity contribution in [2.75, 3.05) is 24.3 Å². The van der Waals surface area contributed by atoms with Crippen LogP contribution < -0.4 is 15.5 Å². The summed E-state index contributed by atoms with van der Waals surface area (Å²) >= 11 is 6.00. The van der Waals surface area contributed by atoms with Gasteiger partial charge in [-0.25, -0.2) is 4.79 Å². The molecule has 0 atom stereocenters. The second-order valence-electron chi connectivity index (χ2n) is 6.04. The number of nitrogens with one attached hydrogen (secondary N) is 2. The van der Waals surface area contributed by atoms with Gasteiger partial charge in [-0.15, -0.1) is 0 Å². The van der Waals surface area contributed by atoms with Crippen molar-refractivity contribution in [1.29, 1.82) is 0 Å². The first kappa shape index (κ1) is 17.4. The zero-order chi connectivity index (χ0) is 17.0. The van der Waals surface area contributed by atoms with Crippen molar-refractivity contribution in [3.63, 3.8) is 0 Å². The Bertz CT molecular complexity index is 584. The van der Waals surface area contributed by atoms with Crippen LogP contribution in [0.5, 0.6) is 0 Å². The third-order valence-corrected chi connectivity index (χ3v) is 4.34. The summed E-state index contributed by atoms with van der Waals surface area (Å²) in [5, 5.41) is 15.3. The monoisotopic (exact) mass is 339 g/mol. The largest absolute Gasteiger partial charge is 0.481 e. The Morgan fingerprint density at radius 1 is 1.22 bits per heavy atom. The number of anilines is 2. The highest BCUT2D eigenvalue weighted by Gasteiger charge is 2.26. The molecular formula is C16H22ClN3O3. The summed E-state index contributed by atoms with van der Waals surface area (Å²) in [7, 11) is 3.78. The number of amides is 2. The predicted octanol–water partition coefficient (Wildman–Crippen LogP) is 3.17. The lowest BCUT2D eigenvalue weighted by Gasteiger charge is -2.27. The average molecular weight is 340 g/mol. The van der Waals surface area contributed by atoms with E-state index in [9.17, 15) is 9.59 Å². The molecule has 1 aliphatic carbocycles.